The van der Waals surface area contributed by atoms with Gasteiger partial charge < -0.3 is 15.4 Å². The number of pyridine rings is 1. The van der Waals surface area contributed by atoms with Gasteiger partial charge in [-0.25, -0.2) is 4.79 Å². The van der Waals surface area contributed by atoms with Gasteiger partial charge in [0, 0.05) is 42.1 Å². The third-order valence-electron chi connectivity index (χ3n) is 5.78. The van der Waals surface area contributed by atoms with Crippen molar-refractivity contribution in [3.05, 3.63) is 42.1 Å². The molecule has 1 saturated carbocycles. The zero-order chi connectivity index (χ0) is 17.4. The van der Waals surface area contributed by atoms with Crippen molar-refractivity contribution in [2.45, 2.75) is 38.8 Å². The summed E-state index contributed by atoms with van der Waals surface area (Å²) in [7, 11) is 0. The number of para-hydroxylation sites is 1. The van der Waals surface area contributed by atoms with E-state index in [0.29, 0.717) is 18.6 Å². The molecule has 132 valence electrons. The average Bonchev–Trinajstić information content (AvgIpc) is 3.07. The second-order valence-corrected chi connectivity index (χ2v) is 7.69. The van der Waals surface area contributed by atoms with E-state index in [0.717, 1.165) is 35.9 Å². The molecule has 2 heterocycles. The highest BCUT2D eigenvalue weighted by atomic mass is 16.5. The van der Waals surface area contributed by atoms with Gasteiger partial charge in [0.1, 0.15) is 0 Å². The van der Waals surface area contributed by atoms with Crippen molar-refractivity contribution >= 4 is 16.9 Å². The maximum Gasteiger partial charge on any atom is 0.315 e. The summed E-state index contributed by atoms with van der Waals surface area (Å²) in [5.74, 6) is 0.461. The molecule has 25 heavy (non-hydrogen) atoms. The summed E-state index contributed by atoms with van der Waals surface area (Å²) in [6.45, 7) is 5.75. The van der Waals surface area contributed by atoms with Crippen LogP contribution in [0.25, 0.3) is 10.9 Å². The third kappa shape index (κ3) is 2.86. The van der Waals surface area contributed by atoms with Crippen LogP contribution in [0.1, 0.15) is 25.8 Å². The number of urea groups is 1. The van der Waals surface area contributed by atoms with Crippen molar-refractivity contribution < 1.29 is 9.53 Å². The van der Waals surface area contributed by atoms with Gasteiger partial charge in [-0.15, -0.1) is 0 Å². The molecule has 5 heteroatoms. The highest BCUT2D eigenvalue weighted by molar-refractivity contribution is 5.81. The molecular formula is C20H25N3O2. The summed E-state index contributed by atoms with van der Waals surface area (Å²) in [4.78, 5) is 16.8. The van der Waals surface area contributed by atoms with E-state index in [4.69, 9.17) is 4.74 Å². The average molecular weight is 339 g/mol. The van der Waals surface area contributed by atoms with Crippen LogP contribution >= 0.6 is 0 Å². The van der Waals surface area contributed by atoms with E-state index < -0.39 is 0 Å². The minimum absolute atomic E-state index is 0.0120. The predicted octanol–water partition coefficient (Wildman–Crippen LogP) is 2.89. The van der Waals surface area contributed by atoms with E-state index in [9.17, 15) is 4.79 Å². The second kappa shape index (κ2) is 6.30. The van der Waals surface area contributed by atoms with E-state index >= 15 is 0 Å². The highest BCUT2D eigenvalue weighted by Crippen LogP contribution is 2.52. The number of ether oxygens (including phenoxy) is 1. The van der Waals surface area contributed by atoms with E-state index in [2.05, 4.69) is 47.7 Å². The quantitative estimate of drug-likeness (QED) is 0.900. The van der Waals surface area contributed by atoms with Gasteiger partial charge in [0.2, 0.25) is 0 Å². The van der Waals surface area contributed by atoms with Gasteiger partial charge in [-0.3, -0.25) is 4.98 Å². The first-order chi connectivity index (χ1) is 12.1. The molecular weight excluding hydrogens is 314 g/mol. The number of amides is 2. The molecule has 0 bridgehead atoms. The molecule has 0 spiro atoms. The SMILES string of the molecule is CC1(C)[C@H](NC(=O)NCCc2cccc3cccnc23)[C@H]2CCO[C@@H]21. The Bertz CT molecular complexity index is 784. The van der Waals surface area contributed by atoms with Gasteiger partial charge >= 0.3 is 6.03 Å². The molecule has 5 nitrogen and oxygen atoms in total. The Morgan fingerprint density at radius 3 is 3.04 bits per heavy atom. The van der Waals surface area contributed by atoms with E-state index in [1.807, 2.05) is 18.3 Å². The van der Waals surface area contributed by atoms with Crippen LogP contribution in [0, 0.1) is 11.3 Å². The molecule has 2 amide bonds. The summed E-state index contributed by atoms with van der Waals surface area (Å²) in [6.07, 6.45) is 3.91. The van der Waals surface area contributed by atoms with E-state index in [1.165, 1.54) is 0 Å². The van der Waals surface area contributed by atoms with Crippen LogP contribution in [-0.4, -0.2) is 36.3 Å². The summed E-state index contributed by atoms with van der Waals surface area (Å²) in [5, 5.41) is 7.28. The topological polar surface area (TPSA) is 63.2 Å². The first-order valence-corrected chi connectivity index (χ1v) is 9.06. The van der Waals surface area contributed by atoms with Crippen molar-refractivity contribution in [3.63, 3.8) is 0 Å². The number of benzene rings is 1. The highest BCUT2D eigenvalue weighted by Gasteiger charge is 2.59. The lowest BCUT2D eigenvalue weighted by atomic mass is 9.57. The lowest BCUT2D eigenvalue weighted by Crippen LogP contribution is -2.67. The van der Waals surface area contributed by atoms with Gasteiger partial charge in [-0.1, -0.05) is 38.1 Å². The van der Waals surface area contributed by atoms with Gasteiger partial charge in [0.25, 0.3) is 0 Å². The second-order valence-electron chi connectivity index (χ2n) is 7.69. The molecule has 2 fully saturated rings. The first-order valence-electron chi connectivity index (χ1n) is 9.06. The zero-order valence-electron chi connectivity index (χ0n) is 14.8. The van der Waals surface area contributed by atoms with Crippen molar-refractivity contribution in [3.8, 4) is 0 Å². The maximum atomic E-state index is 12.3. The number of fused-ring (bicyclic) bond motifs is 2. The molecule has 4 rings (SSSR count). The van der Waals surface area contributed by atoms with Gasteiger partial charge in [-0.2, -0.15) is 0 Å². The smallest absolute Gasteiger partial charge is 0.315 e. The first kappa shape index (κ1) is 16.3. The Hall–Kier alpha value is -2.14. The summed E-state index contributed by atoms with van der Waals surface area (Å²) >= 11 is 0. The monoisotopic (exact) mass is 339 g/mol. The van der Waals surface area contributed by atoms with Gasteiger partial charge in [-0.05, 0) is 24.5 Å². The lowest BCUT2D eigenvalue weighted by molar-refractivity contribution is -0.108. The molecule has 2 N–H and O–H groups in total. The van der Waals surface area contributed by atoms with Crippen LogP contribution < -0.4 is 10.6 Å². The van der Waals surface area contributed by atoms with Crippen LogP contribution in [0.4, 0.5) is 4.79 Å². The van der Waals surface area contributed by atoms with Crippen molar-refractivity contribution in [1.29, 1.82) is 0 Å². The molecule has 1 aliphatic heterocycles. The largest absolute Gasteiger partial charge is 0.377 e. The number of carbonyl (C=O) groups is 1. The normalized spacial score (nSPS) is 26.7. The number of carbonyl (C=O) groups excluding carboxylic acids is 1. The van der Waals surface area contributed by atoms with Crippen molar-refractivity contribution in [1.82, 2.24) is 15.6 Å². The van der Waals surface area contributed by atoms with E-state index in [-0.39, 0.29) is 17.5 Å². The summed E-state index contributed by atoms with van der Waals surface area (Å²) in [6, 6.07) is 10.3. The molecule has 1 aliphatic carbocycles. The number of nitrogens with one attached hydrogen (secondary N) is 2. The number of aromatic nitrogens is 1. The maximum absolute atomic E-state index is 12.3. The standard InChI is InChI=1S/C20H25N3O2/c1-20(2)17(15-9-12-25-18(15)20)23-19(24)22-11-8-14-6-3-5-13-7-4-10-21-16(13)14/h3-7,10,15,17-18H,8-9,11-12H2,1-2H3,(H2,22,23,24)/t15-,17-,18+/m1/s1. The fourth-order valence-electron chi connectivity index (χ4n) is 4.49. The Kier molecular flexibility index (Phi) is 4.12. The predicted molar refractivity (Wildman–Crippen MR) is 97.4 cm³/mol. The molecule has 1 aromatic carbocycles. The molecule has 0 radical (unpaired) electrons. The molecule has 2 aromatic rings. The number of nitrogens with zero attached hydrogens (tertiary/aromatic N) is 1. The molecule has 1 aromatic heterocycles. The van der Waals surface area contributed by atoms with E-state index in [1.54, 1.807) is 0 Å². The Morgan fingerprint density at radius 2 is 2.16 bits per heavy atom. The van der Waals surface area contributed by atoms with Crippen molar-refractivity contribution in [2.24, 2.45) is 11.3 Å². The number of hydrogen-bond donors (Lipinski definition) is 2. The molecule has 3 atom stereocenters. The molecule has 0 unspecified atom stereocenters. The van der Waals surface area contributed by atoms with Crippen molar-refractivity contribution in [2.75, 3.05) is 13.2 Å². The zero-order valence-corrected chi connectivity index (χ0v) is 14.8. The lowest BCUT2D eigenvalue weighted by Gasteiger charge is -2.54. The van der Waals surface area contributed by atoms with Gasteiger partial charge in [0.15, 0.2) is 0 Å². The molecule has 1 saturated heterocycles. The summed E-state index contributed by atoms with van der Waals surface area (Å²) in [5.41, 5.74) is 2.18. The molecule has 2 aliphatic rings. The number of rotatable bonds is 4. The van der Waals surface area contributed by atoms with Crippen LogP contribution in [0.2, 0.25) is 0 Å². The minimum atomic E-state index is -0.0865. The Balaban J connectivity index is 1.32. The van der Waals surface area contributed by atoms with Gasteiger partial charge in [0.05, 0.1) is 11.6 Å². The fraction of sp³-hybridized carbons (Fsp3) is 0.500. The van der Waals surface area contributed by atoms with Crippen LogP contribution in [0.15, 0.2) is 36.5 Å². The van der Waals surface area contributed by atoms with Crippen LogP contribution in [0.5, 0.6) is 0 Å². The third-order valence-corrected chi connectivity index (χ3v) is 5.78. The Labute approximate surface area is 148 Å². The minimum Gasteiger partial charge on any atom is -0.377 e. The van der Waals surface area contributed by atoms with Crippen LogP contribution in [-0.2, 0) is 11.2 Å². The number of hydrogen-bond acceptors (Lipinski definition) is 3. The van der Waals surface area contributed by atoms with Crippen LogP contribution in [0.3, 0.4) is 0 Å². The Morgan fingerprint density at radius 1 is 1.32 bits per heavy atom. The summed E-state index contributed by atoms with van der Waals surface area (Å²) < 4.78 is 5.78. The fourth-order valence-corrected chi connectivity index (χ4v) is 4.49.